The summed E-state index contributed by atoms with van der Waals surface area (Å²) >= 11 is 0. The van der Waals surface area contributed by atoms with Gasteiger partial charge in [-0.25, -0.2) is 0 Å². The summed E-state index contributed by atoms with van der Waals surface area (Å²) < 4.78 is 6.21. The Morgan fingerprint density at radius 1 is 1.29 bits per heavy atom. The van der Waals surface area contributed by atoms with Crippen LogP contribution in [0.3, 0.4) is 0 Å². The monoisotopic (exact) mass is 575 g/mol. The van der Waals surface area contributed by atoms with Crippen molar-refractivity contribution in [3.8, 4) is 11.8 Å². The van der Waals surface area contributed by atoms with Gasteiger partial charge in [0.15, 0.2) is 11.6 Å². The number of carbonyl (C=O) groups excluding carboxylic acids is 1. The standard InChI is InChI=1S/C30H41N9O3/c1-6-24(40)38-12-14-39(15-13-38)29-27(41)28(33-30(34-29)42-18-21-8-7-11-36(21)4)37(5)26(20(3)16-31)25-19(2)9-10-23-22(25)17-32-35-23/h6,9-10,16-17,21,26,41H,1,7-8,11-15,18,31H2,2-5H3,(H,32,35)/b20-16-/t21-,26?/m0/s1. The second-order valence-electron chi connectivity index (χ2n) is 11.2. The third-order valence-electron chi connectivity index (χ3n) is 8.54. The molecule has 12 heteroatoms. The van der Waals surface area contributed by atoms with E-state index in [0.717, 1.165) is 47.0 Å². The first-order valence-corrected chi connectivity index (χ1v) is 14.4. The number of hydrogen-bond acceptors (Lipinski definition) is 10. The summed E-state index contributed by atoms with van der Waals surface area (Å²) in [6.07, 6.45) is 6.89. The Morgan fingerprint density at radius 2 is 2.05 bits per heavy atom. The number of fused-ring (bicyclic) bond motifs is 1. The molecule has 12 nitrogen and oxygen atoms in total. The normalized spacial score (nSPS) is 18.9. The van der Waals surface area contributed by atoms with Crippen molar-refractivity contribution in [2.24, 2.45) is 5.73 Å². The van der Waals surface area contributed by atoms with E-state index in [2.05, 4.69) is 28.7 Å². The van der Waals surface area contributed by atoms with E-state index in [4.69, 9.17) is 20.4 Å². The lowest BCUT2D eigenvalue weighted by Crippen LogP contribution is -2.48. The van der Waals surface area contributed by atoms with Gasteiger partial charge >= 0.3 is 6.01 Å². The lowest BCUT2D eigenvalue weighted by atomic mass is 9.92. The number of H-pyrrole nitrogens is 1. The van der Waals surface area contributed by atoms with Crippen LogP contribution in [-0.2, 0) is 4.79 Å². The highest BCUT2D eigenvalue weighted by atomic mass is 16.5. The number of likely N-dealkylation sites (tertiary alicyclic amines) is 1. The number of hydrogen-bond donors (Lipinski definition) is 3. The van der Waals surface area contributed by atoms with E-state index >= 15 is 0 Å². The Bertz CT molecular complexity index is 1480. The molecular weight excluding hydrogens is 534 g/mol. The van der Waals surface area contributed by atoms with Crippen LogP contribution in [0.2, 0.25) is 0 Å². The number of benzene rings is 1. The molecule has 224 valence electrons. The summed E-state index contributed by atoms with van der Waals surface area (Å²) in [6, 6.07) is 4.16. The summed E-state index contributed by atoms with van der Waals surface area (Å²) in [4.78, 5) is 29.5. The zero-order chi connectivity index (χ0) is 30.0. The molecule has 0 saturated carbocycles. The molecule has 0 aliphatic carbocycles. The molecule has 3 aromatic rings. The topological polar surface area (TPSA) is 140 Å². The minimum Gasteiger partial charge on any atom is -0.502 e. The van der Waals surface area contributed by atoms with Crippen molar-refractivity contribution < 1.29 is 14.6 Å². The average Bonchev–Trinajstić information content (AvgIpc) is 3.65. The summed E-state index contributed by atoms with van der Waals surface area (Å²) in [6.45, 7) is 11.1. The number of aryl methyl sites for hydroxylation is 1. The molecule has 1 aromatic carbocycles. The molecule has 2 saturated heterocycles. The number of anilines is 2. The number of rotatable bonds is 9. The Balaban J connectivity index is 1.56. The highest BCUT2D eigenvalue weighted by molar-refractivity contribution is 5.87. The molecule has 0 radical (unpaired) electrons. The number of ether oxygens (including phenoxy) is 1. The van der Waals surface area contributed by atoms with E-state index < -0.39 is 0 Å². The number of aromatic nitrogens is 4. The highest BCUT2D eigenvalue weighted by Crippen LogP contribution is 2.42. The first kappa shape index (κ1) is 29.2. The highest BCUT2D eigenvalue weighted by Gasteiger charge is 2.31. The third kappa shape index (κ3) is 5.58. The molecule has 42 heavy (non-hydrogen) atoms. The number of carbonyl (C=O) groups is 1. The number of aromatic amines is 1. The van der Waals surface area contributed by atoms with Crippen LogP contribution in [0.4, 0.5) is 11.6 Å². The number of nitrogens with two attached hydrogens (primary N) is 1. The first-order valence-electron chi connectivity index (χ1n) is 14.4. The van der Waals surface area contributed by atoms with E-state index in [1.54, 1.807) is 11.1 Å². The molecule has 4 N–H and O–H groups in total. The Morgan fingerprint density at radius 3 is 2.71 bits per heavy atom. The fourth-order valence-electron chi connectivity index (χ4n) is 6.02. The molecule has 2 atom stereocenters. The van der Waals surface area contributed by atoms with Gasteiger partial charge in [-0.3, -0.25) is 9.89 Å². The minimum absolute atomic E-state index is 0.0572. The predicted molar refractivity (Wildman–Crippen MR) is 164 cm³/mol. The maximum Gasteiger partial charge on any atom is 0.320 e. The van der Waals surface area contributed by atoms with Crippen LogP contribution in [0.15, 0.2) is 42.8 Å². The Hall–Kier alpha value is -4.32. The lowest BCUT2D eigenvalue weighted by Gasteiger charge is -2.36. The van der Waals surface area contributed by atoms with Crippen LogP contribution >= 0.6 is 0 Å². The third-order valence-corrected chi connectivity index (χ3v) is 8.54. The largest absolute Gasteiger partial charge is 0.502 e. The van der Waals surface area contributed by atoms with Crippen LogP contribution in [0.1, 0.15) is 36.9 Å². The van der Waals surface area contributed by atoms with Gasteiger partial charge in [0.25, 0.3) is 0 Å². The zero-order valence-electron chi connectivity index (χ0n) is 24.9. The van der Waals surface area contributed by atoms with Gasteiger partial charge < -0.3 is 35.2 Å². The van der Waals surface area contributed by atoms with Gasteiger partial charge in [-0.15, -0.1) is 0 Å². The molecule has 5 rings (SSSR count). The van der Waals surface area contributed by atoms with Crippen LogP contribution in [-0.4, -0.2) is 100 Å². The minimum atomic E-state index is -0.360. The van der Waals surface area contributed by atoms with Crippen LogP contribution < -0.4 is 20.3 Å². The maximum atomic E-state index is 12.2. The van der Waals surface area contributed by atoms with Gasteiger partial charge in [-0.05, 0) is 75.3 Å². The fourth-order valence-corrected chi connectivity index (χ4v) is 6.02. The molecule has 2 aliphatic heterocycles. The van der Waals surface area contributed by atoms with E-state index in [1.807, 2.05) is 49.0 Å². The SMILES string of the molecule is C=CC(=O)N1CCN(c2nc(OC[C@@H]3CCCN3C)nc(N(C)C(/C(C)=C\N)c3c(C)ccc4[nH]ncc34)c2O)CC1. The summed E-state index contributed by atoms with van der Waals surface area (Å²) in [5, 5.41) is 20.0. The van der Waals surface area contributed by atoms with Crippen LogP contribution in [0.5, 0.6) is 11.8 Å². The molecule has 4 heterocycles. The number of piperazine rings is 1. The van der Waals surface area contributed by atoms with Crippen molar-refractivity contribution in [1.82, 2.24) is 30.0 Å². The van der Waals surface area contributed by atoms with Gasteiger partial charge in [-0.2, -0.15) is 15.1 Å². The number of amides is 1. The lowest BCUT2D eigenvalue weighted by molar-refractivity contribution is -0.126. The van der Waals surface area contributed by atoms with Crippen molar-refractivity contribution in [3.05, 3.63) is 53.9 Å². The van der Waals surface area contributed by atoms with Crippen molar-refractivity contribution in [1.29, 1.82) is 0 Å². The van der Waals surface area contributed by atoms with Crippen molar-refractivity contribution in [2.75, 3.05) is 63.2 Å². The second kappa shape index (κ2) is 12.3. The van der Waals surface area contributed by atoms with Crippen molar-refractivity contribution in [2.45, 2.75) is 38.8 Å². The molecule has 1 amide bonds. The molecule has 2 fully saturated rings. The predicted octanol–water partition coefficient (Wildman–Crippen LogP) is 2.71. The fraction of sp³-hybridized carbons (Fsp3) is 0.467. The molecular formula is C30H41N9O3. The average molecular weight is 576 g/mol. The van der Waals surface area contributed by atoms with Crippen LogP contribution in [0.25, 0.3) is 10.9 Å². The van der Waals surface area contributed by atoms with Gasteiger partial charge in [-0.1, -0.05) is 12.6 Å². The molecule has 2 aromatic heterocycles. The van der Waals surface area contributed by atoms with Gasteiger partial charge in [0.1, 0.15) is 6.61 Å². The summed E-state index contributed by atoms with van der Waals surface area (Å²) in [5.74, 6) is 0.532. The zero-order valence-corrected chi connectivity index (χ0v) is 24.9. The number of likely N-dealkylation sites (N-methyl/N-ethyl adjacent to an activating group) is 2. The number of aromatic hydroxyl groups is 1. The first-order chi connectivity index (χ1) is 20.2. The molecule has 0 spiro atoms. The molecule has 2 aliphatic rings. The Kier molecular flexibility index (Phi) is 8.53. The van der Waals surface area contributed by atoms with Crippen molar-refractivity contribution >= 4 is 28.4 Å². The summed E-state index contributed by atoms with van der Waals surface area (Å²) in [5.41, 5.74) is 9.95. The van der Waals surface area contributed by atoms with Gasteiger partial charge in [0, 0.05) is 44.7 Å². The van der Waals surface area contributed by atoms with Gasteiger partial charge in [0.05, 0.1) is 17.8 Å². The van der Waals surface area contributed by atoms with Crippen molar-refractivity contribution in [3.63, 3.8) is 0 Å². The van der Waals surface area contributed by atoms with E-state index in [1.165, 1.54) is 6.08 Å². The molecule has 1 unspecified atom stereocenters. The van der Waals surface area contributed by atoms with Crippen LogP contribution in [0, 0.1) is 6.92 Å². The maximum absolute atomic E-state index is 12.2. The summed E-state index contributed by atoms with van der Waals surface area (Å²) in [7, 11) is 3.98. The quantitative estimate of drug-likeness (QED) is 0.326. The molecule has 0 bridgehead atoms. The van der Waals surface area contributed by atoms with E-state index in [-0.39, 0.29) is 29.8 Å². The number of nitrogens with one attached hydrogen (secondary N) is 1. The van der Waals surface area contributed by atoms with E-state index in [0.29, 0.717) is 44.4 Å². The number of nitrogens with zero attached hydrogens (tertiary/aromatic N) is 7. The second-order valence-corrected chi connectivity index (χ2v) is 11.2. The Labute approximate surface area is 246 Å². The smallest absolute Gasteiger partial charge is 0.320 e. The van der Waals surface area contributed by atoms with E-state index in [9.17, 15) is 9.90 Å². The van der Waals surface area contributed by atoms with Gasteiger partial charge in [0.2, 0.25) is 11.7 Å².